The van der Waals surface area contributed by atoms with Gasteiger partial charge in [0.1, 0.15) is 11.6 Å². The van der Waals surface area contributed by atoms with Crippen molar-refractivity contribution in [3.8, 4) is 5.75 Å². The highest BCUT2D eigenvalue weighted by Gasteiger charge is 2.05. The molecule has 0 radical (unpaired) electrons. The minimum absolute atomic E-state index is 0.00633. The summed E-state index contributed by atoms with van der Waals surface area (Å²) in [7, 11) is 1.38. The van der Waals surface area contributed by atoms with E-state index in [-0.39, 0.29) is 24.4 Å². The number of benzene rings is 1. The quantitative estimate of drug-likeness (QED) is 0.743. The number of hydrogen-bond acceptors (Lipinski definition) is 3. The molecule has 0 bridgehead atoms. The van der Waals surface area contributed by atoms with Crippen molar-refractivity contribution < 1.29 is 23.8 Å². The van der Waals surface area contributed by atoms with Gasteiger partial charge in [-0.2, -0.15) is 0 Å². The third-order valence-corrected chi connectivity index (χ3v) is 1.99. The lowest BCUT2D eigenvalue weighted by Gasteiger charge is -2.08. The summed E-state index contributed by atoms with van der Waals surface area (Å²) in [5.74, 6) is -1.28. The van der Waals surface area contributed by atoms with E-state index in [9.17, 15) is 14.0 Å². The van der Waals surface area contributed by atoms with E-state index in [1.807, 2.05) is 0 Å². The maximum atomic E-state index is 13.1. The predicted octanol–water partition coefficient (Wildman–Crippen LogP) is 1.43. The molecule has 0 heterocycles. The molecule has 1 aromatic rings. The Bertz CT molecular complexity index is 451. The third kappa shape index (κ3) is 4.69. The highest BCUT2D eigenvalue weighted by Crippen LogP contribution is 2.19. The first-order valence-electron chi connectivity index (χ1n) is 5.12. The van der Waals surface area contributed by atoms with Gasteiger partial charge < -0.3 is 20.5 Å². The van der Waals surface area contributed by atoms with E-state index in [0.29, 0.717) is 0 Å². The van der Waals surface area contributed by atoms with Crippen LogP contribution in [-0.2, 0) is 4.79 Å². The number of rotatable bonds is 5. The molecule has 0 saturated carbocycles. The maximum absolute atomic E-state index is 13.1. The van der Waals surface area contributed by atoms with Gasteiger partial charge in [-0.05, 0) is 6.07 Å². The smallest absolute Gasteiger partial charge is 0.319 e. The predicted molar refractivity (Wildman–Crippen MR) is 62.2 cm³/mol. The number of nitrogens with one attached hydrogen (secondary N) is 2. The average Bonchev–Trinajstić information content (AvgIpc) is 2.27. The molecule has 0 aromatic heterocycles. The van der Waals surface area contributed by atoms with E-state index >= 15 is 0 Å². The monoisotopic (exact) mass is 256 g/mol. The molecule has 0 atom stereocenters. The fraction of sp³-hybridized carbons (Fsp3) is 0.273. The molecule has 0 unspecified atom stereocenters. The van der Waals surface area contributed by atoms with Crippen molar-refractivity contribution in [3.05, 3.63) is 24.0 Å². The Kier molecular flexibility index (Phi) is 4.91. The zero-order chi connectivity index (χ0) is 13.5. The minimum Gasteiger partial charge on any atom is -0.497 e. The number of anilines is 1. The second kappa shape index (κ2) is 6.43. The van der Waals surface area contributed by atoms with Crippen LogP contribution in [-0.4, -0.2) is 30.8 Å². The number of carboxylic acid groups (broad SMARTS) is 1. The van der Waals surface area contributed by atoms with Crippen molar-refractivity contribution in [2.45, 2.75) is 6.42 Å². The van der Waals surface area contributed by atoms with Crippen molar-refractivity contribution >= 4 is 17.7 Å². The molecule has 7 heteroatoms. The van der Waals surface area contributed by atoms with Crippen LogP contribution in [0.15, 0.2) is 18.2 Å². The van der Waals surface area contributed by atoms with Gasteiger partial charge in [-0.1, -0.05) is 0 Å². The number of carbonyl (C=O) groups excluding carboxylic acids is 1. The standard InChI is InChI=1S/C11H13FN2O4/c1-18-9-5-7(12)4-8(6-9)14-11(17)13-3-2-10(15)16/h4-6H,2-3H2,1H3,(H,15,16)(H2,13,14,17). The normalized spacial score (nSPS) is 9.67. The molecule has 0 aliphatic carbocycles. The second-order valence-corrected chi connectivity index (χ2v) is 3.40. The van der Waals surface area contributed by atoms with Gasteiger partial charge in [0, 0.05) is 24.4 Å². The summed E-state index contributed by atoms with van der Waals surface area (Å²) < 4.78 is 17.9. The third-order valence-electron chi connectivity index (χ3n) is 1.99. The molecule has 0 fully saturated rings. The van der Waals surface area contributed by atoms with Crippen LogP contribution in [0.4, 0.5) is 14.9 Å². The maximum Gasteiger partial charge on any atom is 0.319 e. The molecule has 6 nitrogen and oxygen atoms in total. The van der Waals surface area contributed by atoms with Gasteiger partial charge in [0.25, 0.3) is 0 Å². The molecule has 98 valence electrons. The van der Waals surface area contributed by atoms with Gasteiger partial charge in [0.15, 0.2) is 0 Å². The average molecular weight is 256 g/mol. The summed E-state index contributed by atoms with van der Waals surface area (Å²) >= 11 is 0. The van der Waals surface area contributed by atoms with E-state index < -0.39 is 17.8 Å². The minimum atomic E-state index is -1.01. The largest absolute Gasteiger partial charge is 0.497 e. The Morgan fingerprint density at radius 1 is 1.39 bits per heavy atom. The number of carboxylic acids is 1. The summed E-state index contributed by atoms with van der Waals surface area (Å²) in [5.41, 5.74) is 0.222. The van der Waals surface area contributed by atoms with E-state index in [2.05, 4.69) is 10.6 Å². The number of urea groups is 1. The van der Waals surface area contributed by atoms with Gasteiger partial charge in [-0.3, -0.25) is 4.79 Å². The van der Waals surface area contributed by atoms with Gasteiger partial charge in [0.05, 0.1) is 13.5 Å². The highest BCUT2D eigenvalue weighted by molar-refractivity contribution is 5.89. The van der Waals surface area contributed by atoms with Crippen molar-refractivity contribution in [3.63, 3.8) is 0 Å². The van der Waals surface area contributed by atoms with Crippen LogP contribution in [0.1, 0.15) is 6.42 Å². The first kappa shape index (κ1) is 13.8. The summed E-state index contributed by atoms with van der Waals surface area (Å²) in [6.07, 6.45) is -0.181. The molecular weight excluding hydrogens is 243 g/mol. The molecular formula is C11H13FN2O4. The van der Waals surface area contributed by atoms with Crippen molar-refractivity contribution in [1.82, 2.24) is 5.32 Å². The lowest BCUT2D eigenvalue weighted by Crippen LogP contribution is -2.30. The number of aliphatic carboxylic acids is 1. The fourth-order valence-electron chi connectivity index (χ4n) is 1.21. The van der Waals surface area contributed by atoms with Crippen LogP contribution in [0.2, 0.25) is 0 Å². The number of amides is 2. The van der Waals surface area contributed by atoms with Crippen molar-refractivity contribution in [2.75, 3.05) is 19.0 Å². The van der Waals surface area contributed by atoms with E-state index in [0.717, 1.165) is 6.07 Å². The summed E-state index contributed by atoms with van der Waals surface area (Å²) in [6.45, 7) is -0.00633. The molecule has 0 spiro atoms. The second-order valence-electron chi connectivity index (χ2n) is 3.40. The Labute approximate surface area is 103 Å². The molecule has 1 rings (SSSR count). The number of carbonyl (C=O) groups is 2. The Morgan fingerprint density at radius 2 is 2.11 bits per heavy atom. The van der Waals surface area contributed by atoms with Gasteiger partial charge in [-0.15, -0.1) is 0 Å². The summed E-state index contributed by atoms with van der Waals surface area (Å²) in [6, 6.07) is 3.14. The lowest BCUT2D eigenvalue weighted by molar-refractivity contribution is -0.136. The topological polar surface area (TPSA) is 87.7 Å². The Morgan fingerprint density at radius 3 is 2.72 bits per heavy atom. The molecule has 0 aliphatic rings. The van der Waals surface area contributed by atoms with Crippen molar-refractivity contribution in [2.24, 2.45) is 0 Å². The first-order chi connectivity index (χ1) is 8.51. The van der Waals surface area contributed by atoms with Crippen LogP contribution in [0.3, 0.4) is 0 Å². The van der Waals surface area contributed by atoms with Crippen molar-refractivity contribution in [1.29, 1.82) is 0 Å². The molecule has 2 amide bonds. The van der Waals surface area contributed by atoms with E-state index in [4.69, 9.17) is 9.84 Å². The molecule has 0 aliphatic heterocycles. The van der Waals surface area contributed by atoms with Gasteiger partial charge in [-0.25, -0.2) is 9.18 Å². The zero-order valence-corrected chi connectivity index (χ0v) is 9.70. The Hall–Kier alpha value is -2.31. The van der Waals surface area contributed by atoms with Crippen LogP contribution >= 0.6 is 0 Å². The van der Waals surface area contributed by atoms with Crippen LogP contribution in [0.25, 0.3) is 0 Å². The molecule has 1 aromatic carbocycles. The summed E-state index contributed by atoms with van der Waals surface area (Å²) in [4.78, 5) is 21.6. The van der Waals surface area contributed by atoms with Gasteiger partial charge in [0.2, 0.25) is 0 Å². The molecule has 3 N–H and O–H groups in total. The first-order valence-corrected chi connectivity index (χ1v) is 5.12. The van der Waals surface area contributed by atoms with E-state index in [1.165, 1.54) is 19.2 Å². The fourth-order valence-corrected chi connectivity index (χ4v) is 1.21. The summed E-state index contributed by atoms with van der Waals surface area (Å²) in [5, 5.41) is 13.1. The molecule has 0 saturated heterocycles. The lowest BCUT2D eigenvalue weighted by atomic mass is 10.3. The van der Waals surface area contributed by atoms with Crippen LogP contribution in [0.5, 0.6) is 5.75 Å². The van der Waals surface area contributed by atoms with Crippen LogP contribution < -0.4 is 15.4 Å². The van der Waals surface area contributed by atoms with Crippen LogP contribution in [0, 0.1) is 5.82 Å². The number of halogens is 1. The SMILES string of the molecule is COc1cc(F)cc(NC(=O)NCCC(=O)O)c1. The Balaban J connectivity index is 2.53. The highest BCUT2D eigenvalue weighted by atomic mass is 19.1. The number of methoxy groups -OCH3 is 1. The number of hydrogen-bond donors (Lipinski definition) is 3. The zero-order valence-electron chi connectivity index (χ0n) is 9.70. The van der Waals surface area contributed by atoms with E-state index in [1.54, 1.807) is 0 Å². The van der Waals surface area contributed by atoms with Gasteiger partial charge >= 0.3 is 12.0 Å². The number of ether oxygens (including phenoxy) is 1. The molecule has 18 heavy (non-hydrogen) atoms.